The molecule has 4 N–H and O–H groups in total. The van der Waals surface area contributed by atoms with Gasteiger partial charge in [-0.15, -0.1) is 0 Å². The Balaban J connectivity index is 0.000000174. The van der Waals surface area contributed by atoms with Crippen LogP contribution in [-0.2, 0) is 12.4 Å². The fraction of sp³-hybridized carbons (Fsp3) is 0.250. The van der Waals surface area contributed by atoms with Crippen LogP contribution in [0.2, 0.25) is 0 Å². The zero-order valence-corrected chi connectivity index (χ0v) is 29.6. The van der Waals surface area contributed by atoms with Crippen LogP contribution in [0.25, 0.3) is 32.2 Å². The van der Waals surface area contributed by atoms with Gasteiger partial charge in [0.05, 0.1) is 29.0 Å². The number of alkyl halides is 6. The van der Waals surface area contributed by atoms with Crippen molar-refractivity contribution in [2.24, 2.45) is 5.11 Å². The van der Waals surface area contributed by atoms with Crippen molar-refractivity contribution in [3.8, 4) is 11.5 Å². The van der Waals surface area contributed by atoms with Crippen LogP contribution in [-0.4, -0.2) is 39.3 Å². The van der Waals surface area contributed by atoms with Crippen LogP contribution in [0, 0.1) is 0 Å². The highest BCUT2D eigenvalue weighted by Crippen LogP contribution is 2.42. The maximum Gasteiger partial charge on any atom is 0.416 e. The van der Waals surface area contributed by atoms with Crippen LogP contribution >= 0.6 is 0 Å². The molecule has 2 heterocycles. The molecule has 0 unspecified atom stereocenters. The number of carbonyl (C=O) groups is 2. The Morgan fingerprint density at radius 1 is 0.702 bits per heavy atom. The van der Waals surface area contributed by atoms with E-state index in [4.69, 9.17) is 20.1 Å². The number of fused-ring (bicyclic) bond motifs is 2. The summed E-state index contributed by atoms with van der Waals surface area (Å²) in [5.41, 5.74) is 11.6. The Bertz CT molecular complexity index is 2460. The lowest BCUT2D eigenvalue weighted by Gasteiger charge is -2.35. The fourth-order valence-electron chi connectivity index (χ4n) is 6.97. The number of hydrogen-bond acceptors (Lipinski definition) is 4. The topological polar surface area (TPSA) is 165 Å². The van der Waals surface area contributed by atoms with Crippen LogP contribution in [0.4, 0.5) is 36.8 Å². The van der Waals surface area contributed by atoms with E-state index in [-0.39, 0.29) is 24.0 Å². The van der Waals surface area contributed by atoms with Gasteiger partial charge in [-0.2, -0.15) is 26.3 Å². The number of nitrogens with zero attached hydrogens (tertiary/aromatic N) is 3. The van der Waals surface area contributed by atoms with Crippen molar-refractivity contribution in [3.05, 3.63) is 136 Å². The summed E-state index contributed by atoms with van der Waals surface area (Å²) >= 11 is 0. The van der Waals surface area contributed by atoms with E-state index in [0.717, 1.165) is 77.5 Å². The number of halogens is 6. The first-order valence-corrected chi connectivity index (χ1v) is 17.6. The molecule has 2 saturated carbocycles. The first-order chi connectivity index (χ1) is 27.1. The third-order valence-corrected chi connectivity index (χ3v) is 10.1. The van der Waals surface area contributed by atoms with Crippen LogP contribution in [0.5, 0.6) is 11.5 Å². The van der Waals surface area contributed by atoms with Gasteiger partial charge in [-0.1, -0.05) is 12.1 Å². The summed E-state index contributed by atoms with van der Waals surface area (Å²) in [4.78, 5) is 31.3. The third kappa shape index (κ3) is 8.78. The summed E-state index contributed by atoms with van der Waals surface area (Å²) < 4.78 is 87.2. The van der Waals surface area contributed by atoms with Crippen molar-refractivity contribution >= 4 is 39.5 Å². The third-order valence-electron chi connectivity index (χ3n) is 10.1. The number of aromatic nitrogens is 2. The van der Waals surface area contributed by atoms with Gasteiger partial charge in [-0.3, -0.25) is 10.1 Å². The van der Waals surface area contributed by atoms with Crippen molar-refractivity contribution < 1.29 is 50.5 Å². The molecule has 57 heavy (non-hydrogen) atoms. The molecule has 2 aliphatic rings. The van der Waals surface area contributed by atoms with Gasteiger partial charge in [0.15, 0.2) is 0 Å². The lowest BCUT2D eigenvalue weighted by molar-refractivity contribution is -0.138. The van der Waals surface area contributed by atoms with E-state index in [9.17, 15) is 35.9 Å². The smallest absolute Gasteiger partial charge is 0.416 e. The number of benzene rings is 4. The largest absolute Gasteiger partial charge is 0.490 e. The molecular formula is C40H32F6N6O5. The highest BCUT2D eigenvalue weighted by Gasteiger charge is 2.35. The number of azide groups is 1. The molecule has 0 bridgehead atoms. The number of aromatic amines is 2. The summed E-state index contributed by atoms with van der Waals surface area (Å²) in [5.74, 6) is 0.663. The molecule has 0 radical (unpaired) electrons. The maximum absolute atomic E-state index is 12.6. The van der Waals surface area contributed by atoms with Crippen molar-refractivity contribution in [3.63, 3.8) is 0 Å². The number of carbonyl (C=O) groups excluding carboxylic acids is 1. The van der Waals surface area contributed by atoms with E-state index in [1.807, 2.05) is 36.4 Å². The predicted octanol–water partition coefficient (Wildman–Crippen LogP) is 11.6. The Morgan fingerprint density at radius 2 is 1.16 bits per heavy atom. The normalized spacial score (nSPS) is 19.0. The van der Waals surface area contributed by atoms with Crippen LogP contribution < -0.4 is 14.8 Å². The van der Waals surface area contributed by atoms with E-state index in [0.29, 0.717) is 28.1 Å². The molecule has 17 heteroatoms. The molecule has 0 atom stereocenters. The van der Waals surface area contributed by atoms with E-state index in [2.05, 4.69) is 25.3 Å². The first kappa shape index (κ1) is 38.7. The highest BCUT2D eigenvalue weighted by atomic mass is 19.4. The van der Waals surface area contributed by atoms with Crippen LogP contribution in [0.15, 0.2) is 102 Å². The van der Waals surface area contributed by atoms with Gasteiger partial charge in [0, 0.05) is 44.7 Å². The van der Waals surface area contributed by atoms with Crippen molar-refractivity contribution in [2.45, 2.75) is 62.1 Å². The monoisotopic (exact) mass is 790 g/mol. The van der Waals surface area contributed by atoms with Gasteiger partial charge in [0.1, 0.15) is 11.5 Å². The van der Waals surface area contributed by atoms with Crippen molar-refractivity contribution in [1.82, 2.24) is 9.97 Å². The van der Waals surface area contributed by atoms with Gasteiger partial charge in [-0.05, 0) is 132 Å². The second-order valence-corrected chi connectivity index (χ2v) is 13.8. The molecule has 2 aromatic heterocycles. The van der Waals surface area contributed by atoms with Gasteiger partial charge < -0.3 is 24.5 Å². The zero-order valence-electron chi connectivity index (χ0n) is 29.6. The Kier molecular flexibility index (Phi) is 10.5. The number of carboxylic acid groups (broad SMARTS) is 1. The number of anilines is 1. The summed E-state index contributed by atoms with van der Waals surface area (Å²) in [5, 5.41) is 15.9. The van der Waals surface area contributed by atoms with E-state index in [1.165, 1.54) is 30.5 Å². The SMILES string of the molecule is O=C(O)Nc1c[nH]c2ccc([C@H]3C[C@H](Oc4ccc(C(F)(F)F)cc4)C3)cc12.[N-]=[N+]=NC(=O)c1c[nH]c2ccc([C@H]3C[C@H](Oc4ccc(C(F)(F)F)cc4)C3)cc12. The van der Waals surface area contributed by atoms with Gasteiger partial charge in [0.2, 0.25) is 0 Å². The lowest BCUT2D eigenvalue weighted by atomic mass is 9.77. The molecule has 2 amide bonds. The number of rotatable bonds is 8. The fourth-order valence-corrected chi connectivity index (χ4v) is 6.97. The average molecular weight is 791 g/mol. The minimum absolute atomic E-state index is 0.0553. The highest BCUT2D eigenvalue weighted by molar-refractivity contribution is 6.07. The maximum atomic E-state index is 12.6. The summed E-state index contributed by atoms with van der Waals surface area (Å²) in [7, 11) is 0. The molecule has 4 aromatic carbocycles. The molecule has 0 saturated heterocycles. The van der Waals surface area contributed by atoms with Crippen molar-refractivity contribution in [1.29, 1.82) is 0 Å². The second-order valence-electron chi connectivity index (χ2n) is 13.8. The van der Waals surface area contributed by atoms with Crippen molar-refractivity contribution in [2.75, 3.05) is 5.32 Å². The van der Waals surface area contributed by atoms with Crippen LogP contribution in [0.1, 0.15) is 70.1 Å². The van der Waals surface area contributed by atoms with Gasteiger partial charge in [0.25, 0.3) is 5.91 Å². The Hall–Kier alpha value is -6.61. The predicted molar refractivity (Wildman–Crippen MR) is 197 cm³/mol. The molecule has 0 aliphatic heterocycles. The molecule has 6 aromatic rings. The minimum atomic E-state index is -4.37. The molecule has 8 rings (SSSR count). The molecule has 2 aliphatic carbocycles. The zero-order chi connectivity index (χ0) is 40.5. The number of hydrogen-bond donors (Lipinski definition) is 4. The number of ether oxygens (including phenoxy) is 2. The van der Waals surface area contributed by atoms with E-state index in [1.54, 1.807) is 6.20 Å². The molecule has 294 valence electrons. The summed E-state index contributed by atoms with van der Waals surface area (Å²) in [6, 6.07) is 20.9. The number of H-pyrrole nitrogens is 2. The molecule has 2 fully saturated rings. The van der Waals surface area contributed by atoms with E-state index >= 15 is 0 Å². The minimum Gasteiger partial charge on any atom is -0.490 e. The average Bonchev–Trinajstić information content (AvgIpc) is 3.74. The first-order valence-electron chi connectivity index (χ1n) is 17.6. The lowest BCUT2D eigenvalue weighted by Crippen LogP contribution is -2.32. The molecule has 11 nitrogen and oxygen atoms in total. The standard InChI is InChI=1S/C20H15F3N4O2.C20H17F3N2O3/c21-20(22,23)13-2-4-14(5-3-13)29-15-7-12(8-15)11-1-6-18-16(9-11)17(10-25-18)19(28)26-27-24;21-20(22,23)13-2-4-14(5-3-13)28-15-7-12(8-15)11-1-6-17-16(9-11)18(10-24-17)25-19(26)27/h1-6,9-10,12,15,25H,7-8H2;1-6,9-10,12,15,24-25H,7-8H2,(H,26,27)/t2*12-,15-. The Morgan fingerprint density at radius 3 is 1.61 bits per heavy atom. The molecule has 0 spiro atoms. The Labute approximate surface area is 319 Å². The van der Waals surface area contributed by atoms with Crippen LogP contribution in [0.3, 0.4) is 0 Å². The molecular weight excluding hydrogens is 758 g/mol. The second kappa shape index (κ2) is 15.5. The van der Waals surface area contributed by atoms with E-state index < -0.39 is 35.5 Å². The summed E-state index contributed by atoms with van der Waals surface area (Å²) in [6.07, 6.45) is -3.92. The number of amides is 2. The quantitative estimate of drug-likeness (QED) is 0.0520. The number of nitrogens with one attached hydrogen (secondary N) is 3. The van der Waals surface area contributed by atoms with Gasteiger partial charge >= 0.3 is 18.4 Å². The summed E-state index contributed by atoms with van der Waals surface area (Å²) in [6.45, 7) is 0. The van der Waals surface area contributed by atoms with Gasteiger partial charge in [-0.25, -0.2) is 4.79 Å².